The minimum atomic E-state index is -0.224. The Morgan fingerprint density at radius 1 is 1.30 bits per heavy atom. The molecule has 4 rings (SSSR count). The van der Waals surface area contributed by atoms with Gasteiger partial charge in [0.15, 0.2) is 5.82 Å². The number of rotatable bonds is 6. The summed E-state index contributed by atoms with van der Waals surface area (Å²) in [6.45, 7) is 12.3. The van der Waals surface area contributed by atoms with Crippen LogP contribution in [0.1, 0.15) is 80.2 Å². The smallest absolute Gasteiger partial charge is 0.202 e. The largest absolute Gasteiger partial charge is 0.379 e. The van der Waals surface area contributed by atoms with Crippen molar-refractivity contribution in [1.82, 2.24) is 19.9 Å². The van der Waals surface area contributed by atoms with Crippen LogP contribution >= 0.6 is 0 Å². The monoisotopic (exact) mass is 446 g/mol. The van der Waals surface area contributed by atoms with E-state index in [0.29, 0.717) is 16.9 Å². The Bertz CT molecular complexity index is 1100. The van der Waals surface area contributed by atoms with Gasteiger partial charge in [-0.05, 0) is 55.7 Å². The number of nitrogens with one attached hydrogen (secondary N) is 1. The van der Waals surface area contributed by atoms with Crippen LogP contribution in [0.25, 0.3) is 5.57 Å². The maximum absolute atomic E-state index is 13.0. The molecular weight excluding hydrogens is 412 g/mol. The van der Waals surface area contributed by atoms with Crippen molar-refractivity contribution in [3.05, 3.63) is 52.9 Å². The van der Waals surface area contributed by atoms with Crippen molar-refractivity contribution in [2.45, 2.75) is 58.9 Å². The molecule has 1 aliphatic heterocycles. The highest BCUT2D eigenvalue weighted by Crippen LogP contribution is 2.39. The lowest BCUT2D eigenvalue weighted by Crippen LogP contribution is -2.48. The Morgan fingerprint density at radius 3 is 2.70 bits per heavy atom. The van der Waals surface area contributed by atoms with E-state index in [4.69, 9.17) is 16.1 Å². The molecule has 0 unspecified atom stereocenters. The number of hydrogen-bond donors (Lipinski definition) is 1. The van der Waals surface area contributed by atoms with Crippen LogP contribution in [0.2, 0.25) is 0 Å². The molecular formula is C27H34N4O2. The van der Waals surface area contributed by atoms with Gasteiger partial charge in [-0.2, -0.15) is 0 Å². The van der Waals surface area contributed by atoms with Gasteiger partial charge in [0.2, 0.25) is 5.78 Å². The fourth-order valence-corrected chi connectivity index (χ4v) is 4.62. The van der Waals surface area contributed by atoms with E-state index in [0.717, 1.165) is 62.5 Å². The minimum Gasteiger partial charge on any atom is -0.379 e. The van der Waals surface area contributed by atoms with Crippen LogP contribution in [0.5, 0.6) is 0 Å². The van der Waals surface area contributed by atoms with E-state index in [1.165, 1.54) is 11.8 Å². The van der Waals surface area contributed by atoms with Gasteiger partial charge in [0.25, 0.3) is 0 Å². The Balaban J connectivity index is 1.69. The number of imidazole rings is 1. The first-order valence-corrected chi connectivity index (χ1v) is 11.8. The molecule has 0 bridgehead atoms. The van der Waals surface area contributed by atoms with Crippen molar-refractivity contribution in [2.75, 3.05) is 26.3 Å². The molecule has 2 aromatic rings. The zero-order chi connectivity index (χ0) is 23.6. The quantitative estimate of drug-likeness (QED) is 0.527. The van der Waals surface area contributed by atoms with Gasteiger partial charge < -0.3 is 9.72 Å². The van der Waals surface area contributed by atoms with E-state index < -0.39 is 0 Å². The fourth-order valence-electron chi connectivity index (χ4n) is 4.62. The third-order valence-corrected chi connectivity index (χ3v) is 7.03. The summed E-state index contributed by atoms with van der Waals surface area (Å²) >= 11 is 0. The SMILES string of the molecule is C#Cc1cnc(C(=O)Cc2ccc(C(C)(C)N3CCOCC3)nc2C2=CCC(C)(C)CC2)[nH]1. The number of aromatic amines is 1. The molecule has 1 fully saturated rings. The van der Waals surface area contributed by atoms with Crippen LogP contribution in [-0.2, 0) is 16.7 Å². The average molecular weight is 447 g/mol. The lowest BCUT2D eigenvalue weighted by molar-refractivity contribution is -0.0132. The molecule has 0 amide bonds. The summed E-state index contributed by atoms with van der Waals surface area (Å²) in [5.74, 6) is 2.70. The number of aromatic nitrogens is 3. The predicted octanol–water partition coefficient (Wildman–Crippen LogP) is 4.37. The molecule has 6 heteroatoms. The summed E-state index contributed by atoms with van der Waals surface area (Å²) in [6, 6.07) is 4.15. The molecule has 1 saturated heterocycles. The molecule has 0 radical (unpaired) electrons. The summed E-state index contributed by atoms with van der Waals surface area (Å²) < 4.78 is 5.55. The zero-order valence-corrected chi connectivity index (χ0v) is 20.2. The van der Waals surface area contributed by atoms with Crippen molar-refractivity contribution < 1.29 is 9.53 Å². The van der Waals surface area contributed by atoms with Crippen LogP contribution in [0.15, 0.2) is 24.4 Å². The molecule has 0 spiro atoms. The molecule has 174 valence electrons. The van der Waals surface area contributed by atoms with Crippen LogP contribution in [0, 0.1) is 17.8 Å². The van der Waals surface area contributed by atoms with Crippen molar-refractivity contribution in [1.29, 1.82) is 0 Å². The number of hydrogen-bond acceptors (Lipinski definition) is 5. The first-order valence-electron chi connectivity index (χ1n) is 11.8. The minimum absolute atomic E-state index is 0.0866. The van der Waals surface area contributed by atoms with Gasteiger partial charge in [-0.1, -0.05) is 31.9 Å². The summed E-state index contributed by atoms with van der Waals surface area (Å²) in [7, 11) is 0. The number of allylic oxidation sites excluding steroid dienone is 2. The zero-order valence-electron chi connectivity index (χ0n) is 20.2. The Morgan fingerprint density at radius 2 is 2.06 bits per heavy atom. The number of Topliss-reactive ketones (excluding diaryl/α,β-unsaturated/α-hetero) is 1. The highest BCUT2D eigenvalue weighted by molar-refractivity contribution is 5.95. The second-order valence-corrected chi connectivity index (χ2v) is 10.4. The van der Waals surface area contributed by atoms with Crippen molar-refractivity contribution in [2.24, 2.45) is 5.41 Å². The molecule has 2 aliphatic rings. The summed E-state index contributed by atoms with van der Waals surface area (Å²) in [5.41, 5.74) is 4.72. The molecule has 0 saturated carbocycles. The topological polar surface area (TPSA) is 71.1 Å². The van der Waals surface area contributed by atoms with Gasteiger partial charge in [0, 0.05) is 19.5 Å². The van der Waals surface area contributed by atoms with Crippen molar-refractivity contribution in [3.63, 3.8) is 0 Å². The first kappa shape index (κ1) is 23.4. The van der Waals surface area contributed by atoms with Gasteiger partial charge in [0.1, 0.15) is 5.69 Å². The normalized spacial score (nSPS) is 19.1. The maximum Gasteiger partial charge on any atom is 0.202 e. The lowest BCUT2D eigenvalue weighted by Gasteiger charge is -2.40. The second-order valence-electron chi connectivity index (χ2n) is 10.4. The number of ether oxygens (including phenoxy) is 1. The van der Waals surface area contributed by atoms with Crippen LogP contribution in [0.4, 0.5) is 0 Å². The Kier molecular flexibility index (Phi) is 6.56. The molecule has 1 N–H and O–H groups in total. The van der Waals surface area contributed by atoms with Crippen molar-refractivity contribution in [3.8, 4) is 12.3 Å². The van der Waals surface area contributed by atoms with E-state index in [2.05, 4.69) is 66.7 Å². The summed E-state index contributed by atoms with van der Waals surface area (Å²) in [5, 5.41) is 0. The molecule has 0 atom stereocenters. The van der Waals surface area contributed by atoms with E-state index >= 15 is 0 Å². The van der Waals surface area contributed by atoms with Gasteiger partial charge >= 0.3 is 0 Å². The highest BCUT2D eigenvalue weighted by Gasteiger charge is 2.33. The number of carbonyl (C=O) groups excluding carboxylic acids is 1. The van der Waals surface area contributed by atoms with E-state index in [1.54, 1.807) is 0 Å². The first-order chi connectivity index (χ1) is 15.7. The van der Waals surface area contributed by atoms with Crippen molar-refractivity contribution >= 4 is 11.4 Å². The number of morpholine rings is 1. The third-order valence-electron chi connectivity index (χ3n) is 7.03. The number of pyridine rings is 1. The Labute approximate surface area is 196 Å². The van der Waals surface area contributed by atoms with E-state index in [-0.39, 0.29) is 17.7 Å². The molecule has 2 aromatic heterocycles. The molecule has 1 aliphatic carbocycles. The summed E-state index contributed by atoms with van der Waals surface area (Å²) in [6.07, 6.45) is 12.6. The number of H-pyrrole nitrogens is 1. The van der Waals surface area contributed by atoms with E-state index in [9.17, 15) is 4.79 Å². The summed E-state index contributed by atoms with van der Waals surface area (Å²) in [4.78, 5) is 27.7. The number of nitrogens with zero attached hydrogens (tertiary/aromatic N) is 3. The molecule has 33 heavy (non-hydrogen) atoms. The highest BCUT2D eigenvalue weighted by atomic mass is 16.5. The number of terminal acetylenes is 1. The number of ketones is 1. The molecule has 3 heterocycles. The fraction of sp³-hybridized carbons (Fsp3) is 0.519. The average Bonchev–Trinajstić information content (AvgIpc) is 3.30. The van der Waals surface area contributed by atoms with E-state index in [1.807, 2.05) is 0 Å². The van der Waals surface area contributed by atoms with Gasteiger partial charge in [-0.25, -0.2) is 4.98 Å². The van der Waals surface area contributed by atoms with Gasteiger partial charge in [-0.3, -0.25) is 14.7 Å². The standard InChI is InChI=1S/C27H34N4O2/c1-6-21-18-28-25(29-21)22(32)17-20-7-8-23(27(4,5)31-13-15-33-16-14-31)30-24(20)19-9-11-26(2,3)12-10-19/h1,7-9,18H,10-17H2,2-5H3,(H,28,29). The predicted molar refractivity (Wildman–Crippen MR) is 130 cm³/mol. The van der Waals surface area contributed by atoms with Gasteiger partial charge in [0.05, 0.1) is 36.3 Å². The number of carbonyl (C=O) groups is 1. The van der Waals surface area contributed by atoms with Crippen LogP contribution < -0.4 is 0 Å². The van der Waals surface area contributed by atoms with Crippen LogP contribution in [0.3, 0.4) is 0 Å². The second kappa shape index (κ2) is 9.24. The van der Waals surface area contributed by atoms with Crippen LogP contribution in [-0.4, -0.2) is 51.9 Å². The molecule has 0 aromatic carbocycles. The maximum atomic E-state index is 13.0. The Hall–Kier alpha value is -2.75. The lowest BCUT2D eigenvalue weighted by atomic mass is 9.77. The third kappa shape index (κ3) is 5.10. The van der Waals surface area contributed by atoms with Gasteiger partial charge in [-0.15, -0.1) is 6.42 Å². The molecule has 6 nitrogen and oxygen atoms in total.